The van der Waals surface area contributed by atoms with Gasteiger partial charge in [-0.25, -0.2) is 4.98 Å². The second kappa shape index (κ2) is 10.6. The number of halogens is 2. The second-order valence-corrected chi connectivity index (χ2v) is 5.84. The van der Waals surface area contributed by atoms with Crippen molar-refractivity contribution < 1.29 is 4.79 Å². The third kappa shape index (κ3) is 6.10. The highest BCUT2D eigenvalue weighted by Crippen LogP contribution is 2.27. The Morgan fingerprint density at radius 2 is 2.04 bits per heavy atom. The van der Waals surface area contributed by atoms with E-state index in [1.165, 1.54) is 11.3 Å². The van der Waals surface area contributed by atoms with E-state index in [4.69, 9.17) is 0 Å². The van der Waals surface area contributed by atoms with Gasteiger partial charge in [0.1, 0.15) is 9.88 Å². The van der Waals surface area contributed by atoms with Crippen LogP contribution in [0.1, 0.15) is 28.7 Å². The summed E-state index contributed by atoms with van der Waals surface area (Å²) in [7, 11) is 1.86. The molecular weight excluding hydrogens is 357 g/mol. The van der Waals surface area contributed by atoms with Crippen LogP contribution in [0.2, 0.25) is 0 Å². The monoisotopic (exact) mass is 379 g/mol. The SMILES string of the molecule is CCCNCCNC(=O)c1sc(-c2cnn(C)c2)nc1C.Cl.Cl. The summed E-state index contributed by atoms with van der Waals surface area (Å²) in [6.07, 6.45) is 4.75. The standard InChI is InChI=1S/C14H21N5OS.2ClH/c1-4-5-15-6-7-16-13(20)12-10(2)18-14(21-12)11-8-17-19(3)9-11;;/h8-9,15H,4-7H2,1-3H3,(H,16,20);2*1H. The average molecular weight is 380 g/mol. The number of rotatable bonds is 7. The number of nitrogens with zero attached hydrogens (tertiary/aromatic N) is 3. The van der Waals surface area contributed by atoms with Crippen molar-refractivity contribution in [3.05, 3.63) is 23.0 Å². The van der Waals surface area contributed by atoms with Gasteiger partial charge in [-0.3, -0.25) is 9.48 Å². The van der Waals surface area contributed by atoms with E-state index in [1.54, 1.807) is 10.9 Å². The lowest BCUT2D eigenvalue weighted by molar-refractivity contribution is 0.0957. The van der Waals surface area contributed by atoms with Gasteiger partial charge in [0, 0.05) is 31.9 Å². The summed E-state index contributed by atoms with van der Waals surface area (Å²) in [5.74, 6) is -0.0570. The first-order valence-electron chi connectivity index (χ1n) is 7.07. The van der Waals surface area contributed by atoms with Crippen molar-refractivity contribution in [1.29, 1.82) is 0 Å². The molecule has 0 aliphatic heterocycles. The Morgan fingerprint density at radius 1 is 1.30 bits per heavy atom. The molecule has 6 nitrogen and oxygen atoms in total. The van der Waals surface area contributed by atoms with Gasteiger partial charge < -0.3 is 10.6 Å². The van der Waals surface area contributed by atoms with Gasteiger partial charge in [0.05, 0.1) is 11.9 Å². The Hall–Kier alpha value is -1.15. The van der Waals surface area contributed by atoms with Crippen LogP contribution in [0.25, 0.3) is 10.6 Å². The zero-order chi connectivity index (χ0) is 15.2. The molecule has 0 atom stereocenters. The molecule has 2 rings (SSSR count). The molecule has 0 spiro atoms. The molecule has 0 unspecified atom stereocenters. The fraction of sp³-hybridized carbons (Fsp3) is 0.500. The van der Waals surface area contributed by atoms with Gasteiger partial charge >= 0.3 is 0 Å². The Kier molecular flexibility index (Phi) is 10.1. The quantitative estimate of drug-likeness (QED) is 0.724. The van der Waals surface area contributed by atoms with Gasteiger partial charge in [-0.2, -0.15) is 5.10 Å². The van der Waals surface area contributed by atoms with E-state index in [2.05, 4.69) is 27.6 Å². The van der Waals surface area contributed by atoms with Crippen LogP contribution in [-0.4, -0.2) is 40.3 Å². The normalized spacial score (nSPS) is 9.87. The molecule has 0 bridgehead atoms. The minimum absolute atomic E-state index is 0. The number of amides is 1. The summed E-state index contributed by atoms with van der Waals surface area (Å²) in [6, 6.07) is 0. The molecule has 130 valence electrons. The van der Waals surface area contributed by atoms with Crippen LogP contribution >= 0.6 is 36.2 Å². The summed E-state index contributed by atoms with van der Waals surface area (Å²) < 4.78 is 1.73. The Bertz CT molecular complexity index is 614. The maximum atomic E-state index is 12.2. The smallest absolute Gasteiger partial charge is 0.263 e. The first-order chi connectivity index (χ1) is 10.1. The lowest BCUT2D eigenvalue weighted by Crippen LogP contribution is -2.32. The van der Waals surface area contributed by atoms with Crippen LogP contribution in [0, 0.1) is 6.92 Å². The minimum atomic E-state index is -0.0570. The van der Waals surface area contributed by atoms with Crippen molar-refractivity contribution in [3.63, 3.8) is 0 Å². The number of aromatic nitrogens is 3. The van der Waals surface area contributed by atoms with Crippen LogP contribution in [0.15, 0.2) is 12.4 Å². The zero-order valence-corrected chi connectivity index (χ0v) is 15.9. The van der Waals surface area contributed by atoms with E-state index in [0.29, 0.717) is 11.4 Å². The molecular formula is C14H23Cl2N5OS. The third-order valence-corrected chi connectivity index (χ3v) is 4.17. The van der Waals surface area contributed by atoms with Gasteiger partial charge in [0.2, 0.25) is 0 Å². The molecule has 1 amide bonds. The van der Waals surface area contributed by atoms with Crippen LogP contribution in [-0.2, 0) is 7.05 Å². The molecule has 0 radical (unpaired) electrons. The molecule has 0 saturated heterocycles. The molecule has 2 N–H and O–H groups in total. The third-order valence-electron chi connectivity index (χ3n) is 2.97. The first kappa shape index (κ1) is 21.9. The van der Waals surface area contributed by atoms with E-state index >= 15 is 0 Å². The van der Waals surface area contributed by atoms with E-state index < -0.39 is 0 Å². The Labute approximate surface area is 152 Å². The lowest BCUT2D eigenvalue weighted by atomic mass is 10.3. The summed E-state index contributed by atoms with van der Waals surface area (Å²) >= 11 is 1.41. The largest absolute Gasteiger partial charge is 0.350 e. The van der Waals surface area contributed by atoms with Crippen molar-refractivity contribution in [2.24, 2.45) is 7.05 Å². The maximum absolute atomic E-state index is 12.2. The molecule has 0 aliphatic carbocycles. The number of hydrogen-bond acceptors (Lipinski definition) is 5. The van der Waals surface area contributed by atoms with Crippen molar-refractivity contribution >= 4 is 42.1 Å². The van der Waals surface area contributed by atoms with Gasteiger partial charge in [-0.05, 0) is 19.9 Å². The van der Waals surface area contributed by atoms with Gasteiger partial charge in [-0.15, -0.1) is 36.2 Å². The molecule has 2 heterocycles. The topological polar surface area (TPSA) is 71.8 Å². The van der Waals surface area contributed by atoms with Crippen molar-refractivity contribution in [1.82, 2.24) is 25.4 Å². The highest BCUT2D eigenvalue weighted by atomic mass is 35.5. The molecule has 0 fully saturated rings. The second-order valence-electron chi connectivity index (χ2n) is 4.84. The van der Waals surface area contributed by atoms with E-state index in [9.17, 15) is 4.79 Å². The average Bonchev–Trinajstić information content (AvgIpc) is 3.04. The Balaban J connectivity index is 0.00000242. The van der Waals surface area contributed by atoms with E-state index in [1.807, 2.05) is 20.2 Å². The summed E-state index contributed by atoms with van der Waals surface area (Å²) in [5, 5.41) is 11.1. The van der Waals surface area contributed by atoms with Crippen LogP contribution < -0.4 is 10.6 Å². The molecule has 0 saturated carbocycles. The van der Waals surface area contributed by atoms with Crippen LogP contribution in [0.5, 0.6) is 0 Å². The molecule has 0 aromatic carbocycles. The minimum Gasteiger partial charge on any atom is -0.350 e. The number of aryl methyl sites for hydroxylation is 2. The van der Waals surface area contributed by atoms with Crippen molar-refractivity contribution in [2.75, 3.05) is 19.6 Å². The molecule has 2 aromatic rings. The number of hydrogen-bond donors (Lipinski definition) is 2. The molecule has 9 heteroatoms. The van der Waals surface area contributed by atoms with Gasteiger partial charge in [-0.1, -0.05) is 6.92 Å². The van der Waals surface area contributed by atoms with Crippen molar-refractivity contribution in [3.8, 4) is 10.6 Å². The fourth-order valence-electron chi connectivity index (χ4n) is 1.91. The molecule has 2 aromatic heterocycles. The summed E-state index contributed by atoms with van der Waals surface area (Å²) in [4.78, 5) is 17.3. The summed E-state index contributed by atoms with van der Waals surface area (Å²) in [6.45, 7) is 6.36. The number of carbonyl (C=O) groups is 1. The van der Waals surface area contributed by atoms with Crippen molar-refractivity contribution in [2.45, 2.75) is 20.3 Å². The van der Waals surface area contributed by atoms with E-state index in [0.717, 1.165) is 35.8 Å². The lowest BCUT2D eigenvalue weighted by Gasteiger charge is -2.04. The first-order valence-corrected chi connectivity index (χ1v) is 7.88. The van der Waals surface area contributed by atoms with Gasteiger partial charge in [0.25, 0.3) is 5.91 Å². The highest BCUT2D eigenvalue weighted by Gasteiger charge is 2.16. The summed E-state index contributed by atoms with van der Waals surface area (Å²) in [5.41, 5.74) is 1.70. The molecule has 23 heavy (non-hydrogen) atoms. The number of nitrogens with one attached hydrogen (secondary N) is 2. The molecule has 0 aliphatic rings. The number of thiazole rings is 1. The maximum Gasteiger partial charge on any atom is 0.263 e. The fourth-order valence-corrected chi connectivity index (χ4v) is 2.87. The van der Waals surface area contributed by atoms with Crippen LogP contribution in [0.3, 0.4) is 0 Å². The number of carbonyl (C=O) groups excluding carboxylic acids is 1. The van der Waals surface area contributed by atoms with Crippen LogP contribution in [0.4, 0.5) is 0 Å². The predicted molar refractivity (Wildman–Crippen MR) is 99.0 cm³/mol. The zero-order valence-electron chi connectivity index (χ0n) is 13.5. The Morgan fingerprint density at radius 3 is 2.65 bits per heavy atom. The van der Waals surface area contributed by atoms with E-state index in [-0.39, 0.29) is 30.7 Å². The highest BCUT2D eigenvalue weighted by molar-refractivity contribution is 7.17. The predicted octanol–water partition coefficient (Wildman–Crippen LogP) is 2.43. The van der Waals surface area contributed by atoms with Gasteiger partial charge in [0.15, 0.2) is 0 Å².